The van der Waals surface area contributed by atoms with Gasteiger partial charge in [0.2, 0.25) is 0 Å². The Morgan fingerprint density at radius 2 is 1.59 bits per heavy atom. The highest BCUT2D eigenvalue weighted by molar-refractivity contribution is 5.88. The minimum Gasteiger partial charge on any atom is -0.399 e. The number of hydrogen-bond acceptors (Lipinski definition) is 2. The van der Waals surface area contributed by atoms with Gasteiger partial charge in [0.05, 0.1) is 6.04 Å². The molecule has 3 aromatic carbocycles. The van der Waals surface area contributed by atoms with Crippen LogP contribution >= 0.6 is 0 Å². The highest BCUT2D eigenvalue weighted by Gasteiger charge is 2.42. The van der Waals surface area contributed by atoms with Crippen LogP contribution in [0.25, 0.3) is 11.1 Å². The number of hydrogen-bond donors (Lipinski definition) is 1. The summed E-state index contributed by atoms with van der Waals surface area (Å²) >= 11 is 0. The van der Waals surface area contributed by atoms with Crippen LogP contribution < -0.4 is 10.6 Å². The lowest BCUT2D eigenvalue weighted by molar-refractivity contribution is 0.658. The van der Waals surface area contributed by atoms with Gasteiger partial charge in [0.15, 0.2) is 0 Å². The van der Waals surface area contributed by atoms with Crippen molar-refractivity contribution in [3.05, 3.63) is 102 Å². The molecule has 0 saturated heterocycles. The first kappa shape index (κ1) is 16.7. The van der Waals surface area contributed by atoms with E-state index in [2.05, 4.69) is 97.6 Å². The monoisotopic (exact) mass is 376 g/mol. The van der Waals surface area contributed by atoms with Crippen molar-refractivity contribution in [2.45, 2.75) is 31.2 Å². The molecule has 1 aliphatic heterocycles. The second kappa shape index (κ2) is 5.64. The van der Waals surface area contributed by atoms with E-state index in [9.17, 15) is 0 Å². The van der Waals surface area contributed by atoms with Crippen LogP contribution in [-0.2, 0) is 5.41 Å². The van der Waals surface area contributed by atoms with E-state index in [1.165, 1.54) is 39.2 Å². The zero-order valence-electron chi connectivity index (χ0n) is 16.8. The van der Waals surface area contributed by atoms with Crippen molar-refractivity contribution >= 4 is 17.1 Å². The molecule has 0 aromatic heterocycles. The molecule has 3 aliphatic rings. The second-order valence-corrected chi connectivity index (χ2v) is 8.88. The number of fused-ring (bicyclic) bond motifs is 6. The molecule has 0 fully saturated rings. The molecule has 0 bridgehead atoms. The molecule has 0 spiro atoms. The second-order valence-electron chi connectivity index (χ2n) is 8.88. The van der Waals surface area contributed by atoms with Gasteiger partial charge in [0, 0.05) is 28.4 Å². The van der Waals surface area contributed by atoms with Gasteiger partial charge in [-0.25, -0.2) is 0 Å². The van der Waals surface area contributed by atoms with Gasteiger partial charge in [-0.2, -0.15) is 0 Å². The lowest BCUT2D eigenvalue weighted by Gasteiger charge is -2.28. The normalized spacial score (nSPS) is 22.2. The Kier molecular flexibility index (Phi) is 3.24. The predicted octanol–water partition coefficient (Wildman–Crippen LogP) is 6.31. The Bertz CT molecular complexity index is 1200. The van der Waals surface area contributed by atoms with Crippen molar-refractivity contribution in [1.82, 2.24) is 0 Å². The average molecular weight is 377 g/mol. The first-order chi connectivity index (χ1) is 14.1. The average Bonchev–Trinajstić information content (AvgIpc) is 3.17. The number of rotatable bonds is 1. The number of nitrogens with two attached hydrogens (primary N) is 1. The summed E-state index contributed by atoms with van der Waals surface area (Å²) in [6.07, 6.45) is 9.06. The third-order valence-corrected chi connectivity index (χ3v) is 6.90. The molecule has 6 rings (SSSR count). The highest BCUT2D eigenvalue weighted by Crippen LogP contribution is 2.55. The Morgan fingerprint density at radius 1 is 0.828 bits per heavy atom. The summed E-state index contributed by atoms with van der Waals surface area (Å²) in [4.78, 5) is 2.50. The standard InChI is InChI=1S/C27H24N2/c1-27(2)23-14-17(28)12-13-19(23)21-16-26-22(15-24(21)27)20-10-6-7-11-25(20)29(26)18-8-4-3-5-9-18/h3-16,20,25H,28H2,1-2H3. The topological polar surface area (TPSA) is 29.3 Å². The third kappa shape index (κ3) is 2.17. The van der Waals surface area contributed by atoms with Crippen LogP contribution in [0.4, 0.5) is 17.1 Å². The third-order valence-electron chi connectivity index (χ3n) is 6.90. The summed E-state index contributed by atoms with van der Waals surface area (Å²) in [5.41, 5.74) is 16.3. The summed E-state index contributed by atoms with van der Waals surface area (Å²) < 4.78 is 0. The smallest absolute Gasteiger partial charge is 0.0629 e. The van der Waals surface area contributed by atoms with Crippen LogP contribution in [0.5, 0.6) is 0 Å². The maximum Gasteiger partial charge on any atom is 0.0629 e. The number of allylic oxidation sites excluding steroid dienone is 2. The summed E-state index contributed by atoms with van der Waals surface area (Å²) in [5.74, 6) is 0.380. The number of nitrogens with zero attached hydrogens (tertiary/aromatic N) is 1. The van der Waals surface area contributed by atoms with Crippen molar-refractivity contribution in [3.63, 3.8) is 0 Å². The zero-order chi connectivity index (χ0) is 19.8. The van der Waals surface area contributed by atoms with E-state index >= 15 is 0 Å². The number of anilines is 3. The summed E-state index contributed by atoms with van der Waals surface area (Å²) in [5, 5.41) is 0. The van der Waals surface area contributed by atoms with Crippen molar-refractivity contribution < 1.29 is 0 Å². The Morgan fingerprint density at radius 3 is 2.41 bits per heavy atom. The first-order valence-electron chi connectivity index (χ1n) is 10.3. The highest BCUT2D eigenvalue weighted by atomic mass is 15.2. The van der Waals surface area contributed by atoms with Crippen LogP contribution in [0.3, 0.4) is 0 Å². The molecule has 0 amide bonds. The molecule has 29 heavy (non-hydrogen) atoms. The van der Waals surface area contributed by atoms with Gasteiger partial charge in [-0.1, -0.05) is 68.5 Å². The Balaban J connectivity index is 1.62. The molecule has 0 radical (unpaired) electrons. The summed E-state index contributed by atoms with van der Waals surface area (Å²) in [6.45, 7) is 4.64. The van der Waals surface area contributed by atoms with E-state index in [0.717, 1.165) is 5.69 Å². The van der Waals surface area contributed by atoms with Crippen LogP contribution in [0.15, 0.2) is 85.0 Å². The molecular formula is C27H24N2. The van der Waals surface area contributed by atoms with Crippen molar-refractivity contribution in [2.75, 3.05) is 10.6 Å². The molecule has 2 N–H and O–H groups in total. The minimum atomic E-state index is -0.0427. The van der Waals surface area contributed by atoms with E-state index in [4.69, 9.17) is 5.73 Å². The van der Waals surface area contributed by atoms with Crippen LogP contribution in [0.2, 0.25) is 0 Å². The lowest BCUT2D eigenvalue weighted by Crippen LogP contribution is -2.28. The molecule has 2 heteroatoms. The fourth-order valence-corrected chi connectivity index (χ4v) is 5.47. The van der Waals surface area contributed by atoms with E-state index in [0.29, 0.717) is 12.0 Å². The van der Waals surface area contributed by atoms with Crippen molar-refractivity contribution in [1.29, 1.82) is 0 Å². The Hall–Kier alpha value is -3.26. The quantitative estimate of drug-likeness (QED) is 0.505. The van der Waals surface area contributed by atoms with E-state index in [-0.39, 0.29) is 5.41 Å². The first-order valence-corrected chi connectivity index (χ1v) is 10.3. The fraction of sp³-hybridized carbons (Fsp3) is 0.185. The van der Waals surface area contributed by atoms with Gasteiger partial charge in [-0.3, -0.25) is 0 Å². The van der Waals surface area contributed by atoms with E-state index < -0.39 is 0 Å². The Labute approximate surface area is 172 Å². The van der Waals surface area contributed by atoms with Crippen LogP contribution in [0, 0.1) is 0 Å². The number of benzene rings is 3. The molecular weight excluding hydrogens is 352 g/mol. The molecule has 2 unspecified atom stereocenters. The molecule has 142 valence electrons. The van der Waals surface area contributed by atoms with Gasteiger partial charge < -0.3 is 10.6 Å². The van der Waals surface area contributed by atoms with Gasteiger partial charge >= 0.3 is 0 Å². The zero-order valence-corrected chi connectivity index (χ0v) is 16.8. The fourth-order valence-electron chi connectivity index (χ4n) is 5.47. The predicted molar refractivity (Wildman–Crippen MR) is 122 cm³/mol. The summed E-state index contributed by atoms with van der Waals surface area (Å²) in [6, 6.07) is 22.3. The molecule has 3 aromatic rings. The van der Waals surface area contributed by atoms with Crippen molar-refractivity contribution in [3.8, 4) is 11.1 Å². The van der Waals surface area contributed by atoms with E-state index in [1.54, 1.807) is 0 Å². The van der Waals surface area contributed by atoms with Gasteiger partial charge in [-0.05, 0) is 58.1 Å². The summed E-state index contributed by atoms with van der Waals surface area (Å²) in [7, 11) is 0. The maximum atomic E-state index is 6.14. The molecule has 2 nitrogen and oxygen atoms in total. The van der Waals surface area contributed by atoms with Crippen LogP contribution in [0.1, 0.15) is 36.5 Å². The van der Waals surface area contributed by atoms with Gasteiger partial charge in [-0.15, -0.1) is 0 Å². The molecule has 2 atom stereocenters. The SMILES string of the molecule is CC1(C)c2cc(N)ccc2-c2cc3c(cc21)C1C=CC=CC1N3c1ccccc1. The molecule has 0 saturated carbocycles. The van der Waals surface area contributed by atoms with Crippen molar-refractivity contribution in [2.24, 2.45) is 0 Å². The number of para-hydroxylation sites is 1. The van der Waals surface area contributed by atoms with Gasteiger partial charge in [0.25, 0.3) is 0 Å². The lowest BCUT2D eigenvalue weighted by atomic mass is 9.80. The largest absolute Gasteiger partial charge is 0.399 e. The van der Waals surface area contributed by atoms with E-state index in [1.807, 2.05) is 6.07 Å². The maximum absolute atomic E-state index is 6.14. The molecule has 1 heterocycles. The van der Waals surface area contributed by atoms with Crippen LogP contribution in [-0.4, -0.2) is 6.04 Å². The minimum absolute atomic E-state index is 0.0427. The number of nitrogen functional groups attached to an aromatic ring is 1. The molecule has 2 aliphatic carbocycles. The van der Waals surface area contributed by atoms with Gasteiger partial charge in [0.1, 0.15) is 0 Å².